The average molecular weight is 319 g/mol. The molecule has 1 heterocycles. The lowest BCUT2D eigenvalue weighted by atomic mass is 10.1. The molecule has 2 rings (SSSR count). The lowest BCUT2D eigenvalue weighted by Crippen LogP contribution is -2.35. The first-order chi connectivity index (χ1) is 11.3. The van der Waals surface area contributed by atoms with E-state index in [2.05, 4.69) is 15.5 Å². The second-order valence-electron chi connectivity index (χ2n) is 4.94. The summed E-state index contributed by atoms with van der Waals surface area (Å²) >= 11 is 0. The molecular formula is C15H21N5O3. The first kappa shape index (κ1) is 17.0. The molecule has 2 aromatic rings. The van der Waals surface area contributed by atoms with Crippen molar-refractivity contribution >= 4 is 5.91 Å². The Hall–Kier alpha value is -2.32. The van der Waals surface area contributed by atoms with Crippen LogP contribution in [0.2, 0.25) is 0 Å². The molecule has 0 aliphatic carbocycles. The Morgan fingerprint density at radius 3 is 2.74 bits per heavy atom. The van der Waals surface area contributed by atoms with Crippen molar-refractivity contribution in [3.05, 3.63) is 36.2 Å². The average Bonchev–Trinajstić information content (AvgIpc) is 3.12. The van der Waals surface area contributed by atoms with Gasteiger partial charge in [-0.2, -0.15) is 0 Å². The van der Waals surface area contributed by atoms with Gasteiger partial charge in [0.1, 0.15) is 6.33 Å². The normalized spacial score (nSPS) is 10.7. The monoisotopic (exact) mass is 319 g/mol. The quantitative estimate of drug-likeness (QED) is 0.636. The fourth-order valence-electron chi connectivity index (χ4n) is 2.16. The van der Waals surface area contributed by atoms with Gasteiger partial charge in [0.25, 0.3) is 5.91 Å². The summed E-state index contributed by atoms with van der Waals surface area (Å²) in [4.78, 5) is 14.5. The van der Waals surface area contributed by atoms with E-state index in [0.29, 0.717) is 31.9 Å². The Balaban J connectivity index is 2.13. The smallest absolute Gasteiger partial charge is 0.254 e. The van der Waals surface area contributed by atoms with Gasteiger partial charge >= 0.3 is 0 Å². The zero-order valence-electron chi connectivity index (χ0n) is 13.4. The molecule has 1 aromatic carbocycles. The second-order valence-corrected chi connectivity index (χ2v) is 4.94. The van der Waals surface area contributed by atoms with E-state index in [1.165, 1.54) is 11.0 Å². The first-order valence-electron chi connectivity index (χ1n) is 7.37. The number of hydrogen-bond donors (Lipinski definition) is 0. The maximum Gasteiger partial charge on any atom is 0.254 e. The van der Waals surface area contributed by atoms with E-state index in [9.17, 15) is 4.79 Å². The molecule has 0 radical (unpaired) electrons. The lowest BCUT2D eigenvalue weighted by Gasteiger charge is -2.22. The standard InChI is InChI=1S/C15H21N5O3/c1-22-9-4-7-19(8-10-23-2)15(21)13-5-3-6-14(11-13)20-12-16-17-18-20/h3,5-6,11-12H,4,7-10H2,1-2H3. The van der Waals surface area contributed by atoms with E-state index < -0.39 is 0 Å². The van der Waals surface area contributed by atoms with Crippen molar-refractivity contribution in [2.24, 2.45) is 0 Å². The molecule has 23 heavy (non-hydrogen) atoms. The Morgan fingerprint density at radius 1 is 1.22 bits per heavy atom. The zero-order valence-corrected chi connectivity index (χ0v) is 13.4. The van der Waals surface area contributed by atoms with Crippen molar-refractivity contribution in [1.29, 1.82) is 0 Å². The third-order valence-corrected chi connectivity index (χ3v) is 3.34. The molecule has 0 bridgehead atoms. The number of methoxy groups -OCH3 is 2. The van der Waals surface area contributed by atoms with Gasteiger partial charge in [-0.05, 0) is 35.0 Å². The second kappa shape index (κ2) is 8.96. The Morgan fingerprint density at radius 2 is 2.04 bits per heavy atom. The fraction of sp³-hybridized carbons (Fsp3) is 0.467. The van der Waals surface area contributed by atoms with Crippen LogP contribution >= 0.6 is 0 Å². The Bertz CT molecular complexity index is 603. The predicted molar refractivity (Wildman–Crippen MR) is 83.4 cm³/mol. The number of amides is 1. The van der Waals surface area contributed by atoms with Crippen LogP contribution in [0.25, 0.3) is 5.69 Å². The summed E-state index contributed by atoms with van der Waals surface area (Å²) in [6.45, 7) is 2.26. The van der Waals surface area contributed by atoms with Crippen LogP contribution in [0.1, 0.15) is 16.8 Å². The summed E-state index contributed by atoms with van der Waals surface area (Å²) in [6.07, 6.45) is 2.27. The van der Waals surface area contributed by atoms with Gasteiger partial charge in [0.2, 0.25) is 0 Å². The molecule has 0 atom stereocenters. The van der Waals surface area contributed by atoms with Gasteiger partial charge in [0, 0.05) is 39.5 Å². The maximum absolute atomic E-state index is 12.7. The number of nitrogens with zero attached hydrogens (tertiary/aromatic N) is 5. The number of tetrazole rings is 1. The fourth-order valence-corrected chi connectivity index (χ4v) is 2.16. The van der Waals surface area contributed by atoms with Crippen LogP contribution < -0.4 is 0 Å². The van der Waals surface area contributed by atoms with Crippen molar-refractivity contribution in [2.75, 3.05) is 40.5 Å². The number of carbonyl (C=O) groups excluding carboxylic acids is 1. The van der Waals surface area contributed by atoms with Crippen LogP contribution in [0.15, 0.2) is 30.6 Å². The molecule has 0 spiro atoms. The van der Waals surface area contributed by atoms with Crippen LogP contribution in [0.3, 0.4) is 0 Å². The van der Waals surface area contributed by atoms with Crippen molar-refractivity contribution in [3.8, 4) is 5.69 Å². The minimum atomic E-state index is -0.0481. The SMILES string of the molecule is COCCCN(CCOC)C(=O)c1cccc(-n2cnnn2)c1. The highest BCUT2D eigenvalue weighted by molar-refractivity contribution is 5.94. The molecule has 0 saturated heterocycles. The largest absolute Gasteiger partial charge is 0.385 e. The Labute approximate surface area is 135 Å². The van der Waals surface area contributed by atoms with Crippen LogP contribution in [0, 0.1) is 0 Å². The van der Waals surface area contributed by atoms with E-state index in [1.54, 1.807) is 31.3 Å². The number of rotatable bonds is 9. The van der Waals surface area contributed by atoms with E-state index in [-0.39, 0.29) is 5.91 Å². The molecule has 8 nitrogen and oxygen atoms in total. The highest BCUT2D eigenvalue weighted by Crippen LogP contribution is 2.12. The minimum Gasteiger partial charge on any atom is -0.385 e. The molecule has 1 aromatic heterocycles. The van der Waals surface area contributed by atoms with Gasteiger partial charge < -0.3 is 14.4 Å². The van der Waals surface area contributed by atoms with Crippen LogP contribution in [0.4, 0.5) is 0 Å². The van der Waals surface area contributed by atoms with Gasteiger partial charge in [-0.15, -0.1) is 5.10 Å². The zero-order chi connectivity index (χ0) is 16.5. The lowest BCUT2D eigenvalue weighted by molar-refractivity contribution is 0.0674. The Kier molecular flexibility index (Phi) is 6.64. The molecule has 0 aliphatic heterocycles. The summed E-state index contributed by atoms with van der Waals surface area (Å²) in [6, 6.07) is 7.21. The molecule has 124 valence electrons. The van der Waals surface area contributed by atoms with E-state index in [0.717, 1.165) is 12.1 Å². The number of benzene rings is 1. The first-order valence-corrected chi connectivity index (χ1v) is 7.37. The molecular weight excluding hydrogens is 298 g/mol. The summed E-state index contributed by atoms with van der Waals surface area (Å²) in [5, 5.41) is 11.0. The number of ether oxygens (including phenoxy) is 2. The maximum atomic E-state index is 12.7. The highest BCUT2D eigenvalue weighted by Gasteiger charge is 2.16. The molecule has 0 unspecified atom stereocenters. The molecule has 1 amide bonds. The van der Waals surface area contributed by atoms with Crippen molar-refractivity contribution in [2.45, 2.75) is 6.42 Å². The topological polar surface area (TPSA) is 82.4 Å². The summed E-state index contributed by atoms with van der Waals surface area (Å²) in [5.74, 6) is -0.0481. The van der Waals surface area contributed by atoms with E-state index in [1.807, 2.05) is 12.1 Å². The number of hydrogen-bond acceptors (Lipinski definition) is 6. The predicted octanol–water partition coefficient (Wildman–Crippen LogP) is 0.787. The highest BCUT2D eigenvalue weighted by atomic mass is 16.5. The third-order valence-electron chi connectivity index (χ3n) is 3.34. The van der Waals surface area contributed by atoms with Gasteiger partial charge in [-0.25, -0.2) is 4.68 Å². The van der Waals surface area contributed by atoms with Crippen molar-refractivity contribution in [3.63, 3.8) is 0 Å². The van der Waals surface area contributed by atoms with Crippen LogP contribution in [-0.4, -0.2) is 71.5 Å². The van der Waals surface area contributed by atoms with Crippen LogP contribution in [-0.2, 0) is 9.47 Å². The van der Waals surface area contributed by atoms with Crippen molar-refractivity contribution < 1.29 is 14.3 Å². The van der Waals surface area contributed by atoms with Gasteiger partial charge in [0.15, 0.2) is 0 Å². The number of carbonyl (C=O) groups is 1. The van der Waals surface area contributed by atoms with Gasteiger partial charge in [-0.1, -0.05) is 6.07 Å². The summed E-state index contributed by atoms with van der Waals surface area (Å²) in [5.41, 5.74) is 1.33. The molecule has 0 aliphatic rings. The minimum absolute atomic E-state index is 0.0481. The number of aromatic nitrogens is 4. The third kappa shape index (κ3) is 4.83. The van der Waals surface area contributed by atoms with E-state index in [4.69, 9.17) is 9.47 Å². The van der Waals surface area contributed by atoms with Gasteiger partial charge in [-0.3, -0.25) is 4.79 Å². The summed E-state index contributed by atoms with van der Waals surface area (Å²) in [7, 11) is 3.27. The molecule has 0 N–H and O–H groups in total. The molecule has 8 heteroatoms. The van der Waals surface area contributed by atoms with E-state index >= 15 is 0 Å². The molecule has 0 saturated carbocycles. The molecule has 0 fully saturated rings. The van der Waals surface area contributed by atoms with Gasteiger partial charge in [0.05, 0.1) is 12.3 Å². The summed E-state index contributed by atoms with van der Waals surface area (Å²) < 4.78 is 11.7. The van der Waals surface area contributed by atoms with Crippen LogP contribution in [0.5, 0.6) is 0 Å². The van der Waals surface area contributed by atoms with Crippen molar-refractivity contribution in [1.82, 2.24) is 25.1 Å².